The van der Waals surface area contributed by atoms with Gasteiger partial charge in [-0.25, -0.2) is 0 Å². The number of unbranched alkanes of at least 4 members (excludes halogenated alkanes) is 4. The van der Waals surface area contributed by atoms with Crippen molar-refractivity contribution >= 4 is 16.5 Å². The molecule has 0 aliphatic carbocycles. The Bertz CT molecular complexity index is 199. The van der Waals surface area contributed by atoms with Crippen LogP contribution in [0.15, 0.2) is 6.20 Å². The molecule has 0 aromatic carbocycles. The van der Waals surface area contributed by atoms with Crippen LogP contribution in [0.25, 0.3) is 0 Å². The van der Waals surface area contributed by atoms with Gasteiger partial charge in [-0.2, -0.15) is 0 Å². The first-order chi connectivity index (χ1) is 6.43. The maximum atomic E-state index is 3.78. The molecule has 0 aliphatic rings. The Kier molecular flexibility index (Phi) is 5.49. The van der Waals surface area contributed by atoms with Crippen molar-refractivity contribution in [2.24, 2.45) is 0 Å². The number of aromatic nitrogens is 2. The summed E-state index contributed by atoms with van der Waals surface area (Å²) in [7, 11) is 0. The van der Waals surface area contributed by atoms with Crippen molar-refractivity contribution in [2.45, 2.75) is 39.0 Å². The maximum Gasteiger partial charge on any atom is 0.130 e. The minimum Gasteiger partial charge on any atom is -0.374 e. The van der Waals surface area contributed by atoms with Crippen molar-refractivity contribution in [1.82, 2.24) is 9.59 Å². The molecule has 0 amide bonds. The summed E-state index contributed by atoms with van der Waals surface area (Å²) in [6, 6.07) is 0. The molecule has 1 aromatic heterocycles. The minimum atomic E-state index is 1.05. The molecule has 0 unspecified atom stereocenters. The van der Waals surface area contributed by atoms with Crippen molar-refractivity contribution < 1.29 is 0 Å². The number of nitrogens with zero attached hydrogens (tertiary/aromatic N) is 2. The fraction of sp³-hybridized carbons (Fsp3) is 0.778. The van der Waals surface area contributed by atoms with Crippen LogP contribution in [-0.4, -0.2) is 16.1 Å². The molecule has 74 valence electrons. The largest absolute Gasteiger partial charge is 0.374 e. The van der Waals surface area contributed by atoms with Gasteiger partial charge < -0.3 is 5.32 Å². The summed E-state index contributed by atoms with van der Waals surface area (Å²) in [6.45, 7) is 3.29. The third-order valence-electron chi connectivity index (χ3n) is 1.94. The summed E-state index contributed by atoms with van der Waals surface area (Å²) in [5.41, 5.74) is 0. The van der Waals surface area contributed by atoms with Gasteiger partial charge in [-0.3, -0.25) is 0 Å². The fourth-order valence-corrected chi connectivity index (χ4v) is 1.63. The molecular formula is C9H17N3S. The number of nitrogens with one attached hydrogen (secondary N) is 1. The van der Waals surface area contributed by atoms with E-state index in [1.807, 2.05) is 0 Å². The first-order valence-electron chi connectivity index (χ1n) is 4.94. The quantitative estimate of drug-likeness (QED) is 0.686. The highest BCUT2D eigenvalue weighted by molar-refractivity contribution is 7.09. The highest BCUT2D eigenvalue weighted by Gasteiger charge is 1.93. The average Bonchev–Trinajstić information content (AvgIpc) is 2.63. The molecule has 0 radical (unpaired) electrons. The molecule has 3 nitrogen and oxygen atoms in total. The fourth-order valence-electron chi connectivity index (χ4n) is 1.19. The second-order valence-electron chi connectivity index (χ2n) is 3.12. The van der Waals surface area contributed by atoms with Crippen LogP contribution in [0.2, 0.25) is 0 Å². The molecular weight excluding hydrogens is 182 g/mol. The molecule has 0 saturated heterocycles. The first-order valence-corrected chi connectivity index (χ1v) is 5.72. The average molecular weight is 199 g/mol. The molecule has 0 atom stereocenters. The second kappa shape index (κ2) is 6.83. The molecule has 0 saturated carbocycles. The molecule has 4 heteroatoms. The third kappa shape index (κ3) is 4.83. The Labute approximate surface area is 83.7 Å². The lowest BCUT2D eigenvalue weighted by Gasteiger charge is -2.01. The normalized spacial score (nSPS) is 10.2. The Balaban J connectivity index is 1.90. The predicted molar refractivity (Wildman–Crippen MR) is 57.2 cm³/mol. The predicted octanol–water partition coefficient (Wildman–Crippen LogP) is 2.92. The highest BCUT2D eigenvalue weighted by atomic mass is 32.1. The van der Waals surface area contributed by atoms with Gasteiger partial charge in [-0.15, -0.1) is 5.10 Å². The molecule has 0 spiro atoms. The second-order valence-corrected chi connectivity index (χ2v) is 3.91. The van der Waals surface area contributed by atoms with Gasteiger partial charge in [-0.1, -0.05) is 37.1 Å². The van der Waals surface area contributed by atoms with E-state index in [1.54, 1.807) is 6.20 Å². The Morgan fingerprint density at radius 1 is 1.31 bits per heavy atom. The van der Waals surface area contributed by atoms with Gasteiger partial charge in [0.2, 0.25) is 0 Å². The zero-order valence-corrected chi connectivity index (χ0v) is 8.94. The van der Waals surface area contributed by atoms with Crippen LogP contribution in [-0.2, 0) is 0 Å². The van der Waals surface area contributed by atoms with Crippen molar-refractivity contribution in [3.05, 3.63) is 6.20 Å². The lowest BCUT2D eigenvalue weighted by atomic mass is 10.1. The van der Waals surface area contributed by atoms with Crippen LogP contribution in [0.4, 0.5) is 5.00 Å². The van der Waals surface area contributed by atoms with Gasteiger partial charge in [0.1, 0.15) is 5.00 Å². The van der Waals surface area contributed by atoms with Crippen LogP contribution in [0, 0.1) is 0 Å². The van der Waals surface area contributed by atoms with Gasteiger partial charge in [0.15, 0.2) is 0 Å². The summed E-state index contributed by atoms with van der Waals surface area (Å²) >= 11 is 1.42. The molecule has 1 aromatic rings. The Hall–Kier alpha value is -0.640. The number of rotatable bonds is 7. The van der Waals surface area contributed by atoms with Gasteiger partial charge in [-0.05, 0) is 6.42 Å². The molecule has 1 heterocycles. The van der Waals surface area contributed by atoms with E-state index in [2.05, 4.69) is 21.8 Å². The molecule has 1 rings (SSSR count). The smallest absolute Gasteiger partial charge is 0.130 e. The number of hydrogen-bond donors (Lipinski definition) is 1. The van der Waals surface area contributed by atoms with E-state index in [0.717, 1.165) is 11.5 Å². The standard InChI is InChI=1S/C9H17N3S/c1-2-3-4-5-6-7-10-9-8-11-12-13-9/h8,10H,2-7H2,1H3. The molecule has 0 bridgehead atoms. The Morgan fingerprint density at radius 2 is 2.15 bits per heavy atom. The van der Waals surface area contributed by atoms with E-state index < -0.39 is 0 Å². The summed E-state index contributed by atoms with van der Waals surface area (Å²) < 4.78 is 3.78. The van der Waals surface area contributed by atoms with E-state index in [9.17, 15) is 0 Å². The molecule has 0 aliphatic heterocycles. The SMILES string of the molecule is CCCCCCCNc1cnns1. The number of anilines is 1. The molecule has 0 fully saturated rings. The monoisotopic (exact) mass is 199 g/mol. The maximum absolute atomic E-state index is 3.78. The van der Waals surface area contributed by atoms with Crippen LogP contribution in [0.3, 0.4) is 0 Å². The van der Waals surface area contributed by atoms with Crippen LogP contribution in [0.1, 0.15) is 39.0 Å². The van der Waals surface area contributed by atoms with E-state index in [1.165, 1.54) is 43.6 Å². The van der Waals surface area contributed by atoms with Crippen LogP contribution >= 0.6 is 11.5 Å². The van der Waals surface area contributed by atoms with Gasteiger partial charge >= 0.3 is 0 Å². The molecule has 13 heavy (non-hydrogen) atoms. The minimum absolute atomic E-state index is 1.05. The lowest BCUT2D eigenvalue weighted by Crippen LogP contribution is -1.99. The van der Waals surface area contributed by atoms with Gasteiger partial charge in [0.25, 0.3) is 0 Å². The Morgan fingerprint density at radius 3 is 2.85 bits per heavy atom. The third-order valence-corrected chi connectivity index (χ3v) is 2.56. The lowest BCUT2D eigenvalue weighted by molar-refractivity contribution is 0.645. The zero-order chi connectivity index (χ0) is 9.36. The summed E-state index contributed by atoms with van der Waals surface area (Å²) in [6.07, 6.45) is 8.38. The van der Waals surface area contributed by atoms with Crippen LogP contribution in [0.5, 0.6) is 0 Å². The van der Waals surface area contributed by atoms with Gasteiger partial charge in [0.05, 0.1) is 6.20 Å². The van der Waals surface area contributed by atoms with Gasteiger partial charge in [0, 0.05) is 18.1 Å². The zero-order valence-electron chi connectivity index (χ0n) is 8.12. The van der Waals surface area contributed by atoms with Crippen molar-refractivity contribution in [3.8, 4) is 0 Å². The summed E-state index contributed by atoms with van der Waals surface area (Å²) in [5.74, 6) is 0. The van der Waals surface area contributed by atoms with Crippen LogP contribution < -0.4 is 5.32 Å². The van der Waals surface area contributed by atoms with Crippen molar-refractivity contribution in [2.75, 3.05) is 11.9 Å². The van der Waals surface area contributed by atoms with E-state index in [4.69, 9.17) is 0 Å². The molecule has 1 N–H and O–H groups in total. The van der Waals surface area contributed by atoms with Crippen molar-refractivity contribution in [3.63, 3.8) is 0 Å². The topological polar surface area (TPSA) is 37.8 Å². The summed E-state index contributed by atoms with van der Waals surface area (Å²) in [4.78, 5) is 0. The van der Waals surface area contributed by atoms with E-state index in [0.29, 0.717) is 0 Å². The van der Waals surface area contributed by atoms with Crippen molar-refractivity contribution in [1.29, 1.82) is 0 Å². The van der Waals surface area contributed by atoms with E-state index in [-0.39, 0.29) is 0 Å². The first kappa shape index (κ1) is 10.4. The van der Waals surface area contributed by atoms with E-state index >= 15 is 0 Å². The summed E-state index contributed by atoms with van der Waals surface area (Å²) in [5, 5.41) is 8.13. The number of hydrogen-bond acceptors (Lipinski definition) is 4. The highest BCUT2D eigenvalue weighted by Crippen LogP contribution is 2.09.